The molecule has 0 spiro atoms. The Morgan fingerprint density at radius 1 is 1.00 bits per heavy atom. The van der Waals surface area contributed by atoms with Gasteiger partial charge in [-0.1, -0.05) is 54.1 Å². The summed E-state index contributed by atoms with van der Waals surface area (Å²) in [6.07, 6.45) is 1.70. The van der Waals surface area contributed by atoms with Crippen LogP contribution in [0.25, 0.3) is 0 Å². The van der Waals surface area contributed by atoms with Crippen molar-refractivity contribution in [1.29, 1.82) is 0 Å². The molecule has 1 aromatic heterocycles. The highest BCUT2D eigenvalue weighted by Crippen LogP contribution is 2.34. The smallest absolute Gasteiger partial charge is 0.253 e. The van der Waals surface area contributed by atoms with Crippen molar-refractivity contribution in [1.82, 2.24) is 15.2 Å². The van der Waals surface area contributed by atoms with E-state index in [1.54, 1.807) is 35.4 Å². The lowest BCUT2D eigenvalue weighted by molar-refractivity contribution is -0.125. The fourth-order valence-corrected chi connectivity index (χ4v) is 4.08. The number of nitrogens with zero attached hydrogens (tertiary/aromatic N) is 2. The van der Waals surface area contributed by atoms with Crippen LogP contribution in [-0.4, -0.2) is 34.8 Å². The Bertz CT molecular complexity index is 1030. The third kappa shape index (κ3) is 4.52. The summed E-state index contributed by atoms with van der Waals surface area (Å²) in [5.74, 6) is -0.591. The van der Waals surface area contributed by atoms with Gasteiger partial charge in [-0.15, -0.1) is 0 Å². The topological polar surface area (TPSA) is 62.3 Å². The fourth-order valence-electron chi connectivity index (χ4n) is 3.89. The van der Waals surface area contributed by atoms with Crippen molar-refractivity contribution in [2.45, 2.75) is 12.5 Å². The van der Waals surface area contributed by atoms with Gasteiger partial charge in [0.1, 0.15) is 0 Å². The number of halogens is 1. The minimum Gasteiger partial charge on any atom is -0.350 e. The van der Waals surface area contributed by atoms with E-state index in [9.17, 15) is 9.59 Å². The van der Waals surface area contributed by atoms with Gasteiger partial charge in [0.05, 0.1) is 18.2 Å². The third-order valence-corrected chi connectivity index (χ3v) is 5.65. The molecule has 5 nitrogen and oxygen atoms in total. The lowest BCUT2D eigenvalue weighted by Crippen LogP contribution is -2.35. The van der Waals surface area contributed by atoms with Crippen LogP contribution in [0.4, 0.5) is 0 Å². The van der Waals surface area contributed by atoms with Crippen molar-refractivity contribution in [2.24, 2.45) is 5.92 Å². The van der Waals surface area contributed by atoms with Crippen LogP contribution in [0.2, 0.25) is 5.02 Å². The molecule has 152 valence electrons. The standard InChI is InChI=1S/C24H22ClN3O2/c25-19-10-6-9-18(13-19)24(30)28-15-21(17-7-2-1-3-8-17)22(16-28)23(29)27-14-20-11-4-5-12-26-20/h1-13,21-22H,14-16H2,(H,27,29). The molecule has 30 heavy (non-hydrogen) atoms. The van der Waals surface area contributed by atoms with Crippen molar-refractivity contribution in [2.75, 3.05) is 13.1 Å². The first-order valence-corrected chi connectivity index (χ1v) is 10.3. The number of rotatable bonds is 5. The molecular weight excluding hydrogens is 398 g/mol. The van der Waals surface area contributed by atoms with Crippen molar-refractivity contribution in [3.8, 4) is 0 Å². The summed E-state index contributed by atoms with van der Waals surface area (Å²) in [5.41, 5.74) is 2.38. The number of hydrogen-bond donors (Lipinski definition) is 1. The van der Waals surface area contributed by atoms with E-state index in [-0.39, 0.29) is 23.7 Å². The highest BCUT2D eigenvalue weighted by molar-refractivity contribution is 6.30. The highest BCUT2D eigenvalue weighted by Gasteiger charge is 2.40. The first-order chi connectivity index (χ1) is 14.6. The van der Waals surface area contributed by atoms with Crippen LogP contribution in [0.5, 0.6) is 0 Å². The van der Waals surface area contributed by atoms with Crippen molar-refractivity contribution >= 4 is 23.4 Å². The third-order valence-electron chi connectivity index (χ3n) is 5.41. The van der Waals surface area contributed by atoms with Crippen LogP contribution in [0.3, 0.4) is 0 Å². The van der Waals surface area contributed by atoms with Crippen LogP contribution in [0.15, 0.2) is 79.0 Å². The van der Waals surface area contributed by atoms with Gasteiger partial charge < -0.3 is 10.2 Å². The van der Waals surface area contributed by atoms with Gasteiger partial charge >= 0.3 is 0 Å². The lowest BCUT2D eigenvalue weighted by Gasteiger charge is -2.18. The molecule has 0 aliphatic carbocycles. The van der Waals surface area contributed by atoms with E-state index in [1.807, 2.05) is 48.5 Å². The number of aromatic nitrogens is 1. The summed E-state index contributed by atoms with van der Waals surface area (Å²) < 4.78 is 0. The monoisotopic (exact) mass is 419 g/mol. The number of nitrogens with one attached hydrogen (secondary N) is 1. The number of benzene rings is 2. The molecule has 2 unspecified atom stereocenters. The number of amides is 2. The zero-order chi connectivity index (χ0) is 20.9. The maximum Gasteiger partial charge on any atom is 0.253 e. The summed E-state index contributed by atoms with van der Waals surface area (Å²) >= 11 is 6.06. The van der Waals surface area contributed by atoms with Crippen LogP contribution in [0, 0.1) is 5.92 Å². The molecule has 1 saturated heterocycles. The lowest BCUT2D eigenvalue weighted by atomic mass is 9.88. The molecule has 6 heteroatoms. The first-order valence-electron chi connectivity index (χ1n) is 9.89. The van der Waals surface area contributed by atoms with E-state index < -0.39 is 0 Å². The van der Waals surface area contributed by atoms with Crippen LogP contribution < -0.4 is 5.32 Å². The highest BCUT2D eigenvalue weighted by atomic mass is 35.5. The largest absolute Gasteiger partial charge is 0.350 e. The number of carbonyl (C=O) groups excluding carboxylic acids is 2. The number of hydrogen-bond acceptors (Lipinski definition) is 3. The van der Waals surface area contributed by atoms with E-state index in [0.29, 0.717) is 30.2 Å². The van der Waals surface area contributed by atoms with Gasteiger partial charge in [-0.05, 0) is 35.9 Å². The molecule has 2 heterocycles. The molecule has 4 rings (SSSR count). The molecule has 1 aliphatic rings. The van der Waals surface area contributed by atoms with Crippen molar-refractivity contribution < 1.29 is 9.59 Å². The second-order valence-electron chi connectivity index (χ2n) is 7.38. The molecule has 0 radical (unpaired) electrons. The number of likely N-dealkylation sites (tertiary alicyclic amines) is 1. The zero-order valence-corrected chi connectivity index (χ0v) is 17.1. The Labute approximate surface area is 180 Å². The van der Waals surface area contributed by atoms with Crippen LogP contribution in [0.1, 0.15) is 27.5 Å². The molecular formula is C24H22ClN3O2. The maximum absolute atomic E-state index is 13.1. The van der Waals surface area contributed by atoms with E-state index in [4.69, 9.17) is 11.6 Å². The summed E-state index contributed by atoms with van der Waals surface area (Å²) in [7, 11) is 0. The van der Waals surface area contributed by atoms with Gasteiger partial charge in [-0.2, -0.15) is 0 Å². The Balaban J connectivity index is 1.53. The summed E-state index contributed by atoms with van der Waals surface area (Å²) in [4.78, 5) is 32.1. The average molecular weight is 420 g/mol. The summed E-state index contributed by atoms with van der Waals surface area (Å²) in [5, 5.41) is 3.51. The first kappa shape index (κ1) is 20.1. The zero-order valence-electron chi connectivity index (χ0n) is 16.4. The molecule has 0 saturated carbocycles. The van der Waals surface area contributed by atoms with Crippen molar-refractivity contribution in [3.05, 3.63) is 101 Å². The average Bonchev–Trinajstić information content (AvgIpc) is 3.24. The van der Waals surface area contributed by atoms with Crippen LogP contribution in [-0.2, 0) is 11.3 Å². The number of carbonyl (C=O) groups is 2. The summed E-state index contributed by atoms with van der Waals surface area (Å²) in [6.45, 7) is 1.20. The minimum atomic E-state index is -0.334. The van der Waals surface area contributed by atoms with Crippen LogP contribution >= 0.6 is 11.6 Å². The molecule has 2 atom stereocenters. The van der Waals surface area contributed by atoms with E-state index in [1.165, 1.54) is 0 Å². The van der Waals surface area contributed by atoms with Gasteiger partial charge in [0.2, 0.25) is 5.91 Å². The van der Waals surface area contributed by atoms with Gasteiger partial charge in [0.25, 0.3) is 5.91 Å². The minimum absolute atomic E-state index is 0.0712. The molecule has 2 aromatic carbocycles. The molecule has 1 aliphatic heterocycles. The van der Waals surface area contributed by atoms with Gasteiger partial charge in [0, 0.05) is 35.8 Å². The van der Waals surface area contributed by atoms with E-state index >= 15 is 0 Å². The Morgan fingerprint density at radius 2 is 1.80 bits per heavy atom. The Hall–Kier alpha value is -3.18. The normalized spacial score (nSPS) is 18.2. The fraction of sp³-hybridized carbons (Fsp3) is 0.208. The van der Waals surface area contributed by atoms with E-state index in [2.05, 4.69) is 10.3 Å². The maximum atomic E-state index is 13.1. The Kier molecular flexibility index (Phi) is 6.10. The SMILES string of the molecule is O=C(NCc1ccccn1)C1CN(C(=O)c2cccc(Cl)c2)CC1c1ccccc1. The molecule has 1 N–H and O–H groups in total. The molecule has 2 amide bonds. The second kappa shape index (κ2) is 9.09. The van der Waals surface area contributed by atoms with E-state index in [0.717, 1.165) is 11.3 Å². The predicted molar refractivity (Wildman–Crippen MR) is 116 cm³/mol. The quantitative estimate of drug-likeness (QED) is 0.682. The van der Waals surface area contributed by atoms with Gasteiger partial charge in [0.15, 0.2) is 0 Å². The second-order valence-corrected chi connectivity index (χ2v) is 7.82. The number of pyridine rings is 1. The van der Waals surface area contributed by atoms with Crippen molar-refractivity contribution in [3.63, 3.8) is 0 Å². The predicted octanol–water partition coefficient (Wildman–Crippen LogP) is 3.91. The van der Waals surface area contributed by atoms with Gasteiger partial charge in [-0.25, -0.2) is 0 Å². The summed E-state index contributed by atoms with van der Waals surface area (Å²) in [6, 6.07) is 22.4. The van der Waals surface area contributed by atoms with Gasteiger partial charge in [-0.3, -0.25) is 14.6 Å². The molecule has 1 fully saturated rings. The molecule has 0 bridgehead atoms. The Morgan fingerprint density at radius 3 is 2.53 bits per heavy atom. The molecule has 3 aromatic rings.